The van der Waals surface area contributed by atoms with Crippen LogP contribution in [0.4, 0.5) is 5.69 Å². The van der Waals surface area contributed by atoms with Gasteiger partial charge in [-0.1, -0.05) is 13.8 Å². The molecule has 0 aliphatic carbocycles. The highest BCUT2D eigenvalue weighted by Crippen LogP contribution is 2.21. The monoisotopic (exact) mass is 355 g/mol. The number of sulfonamides is 1. The summed E-state index contributed by atoms with van der Waals surface area (Å²) >= 11 is 0. The van der Waals surface area contributed by atoms with Gasteiger partial charge >= 0.3 is 0 Å². The molecule has 2 unspecified atom stereocenters. The van der Waals surface area contributed by atoms with Gasteiger partial charge < -0.3 is 4.90 Å². The van der Waals surface area contributed by atoms with Crippen LogP contribution in [0.1, 0.15) is 26.7 Å². The second-order valence-corrected chi connectivity index (χ2v) is 8.47. The van der Waals surface area contributed by atoms with Crippen LogP contribution < -0.4 is 4.72 Å². The van der Waals surface area contributed by atoms with E-state index in [1.165, 1.54) is 30.7 Å². The van der Waals surface area contributed by atoms with Crippen LogP contribution in [0, 0.1) is 22.0 Å². The normalized spacial score (nSPS) is 22.4. The lowest BCUT2D eigenvalue weighted by Crippen LogP contribution is -2.40. The Morgan fingerprint density at radius 2 is 1.79 bits per heavy atom. The van der Waals surface area contributed by atoms with Gasteiger partial charge in [-0.25, -0.2) is 13.1 Å². The van der Waals surface area contributed by atoms with Crippen LogP contribution in [0.25, 0.3) is 0 Å². The number of non-ortho nitro benzene ring substituents is 1. The Hall–Kier alpha value is -1.51. The van der Waals surface area contributed by atoms with Crippen molar-refractivity contribution in [2.75, 3.05) is 26.2 Å². The average Bonchev–Trinajstić information content (AvgIpc) is 2.51. The lowest BCUT2D eigenvalue weighted by molar-refractivity contribution is -0.384. The Balaban J connectivity index is 1.81. The van der Waals surface area contributed by atoms with E-state index < -0.39 is 14.9 Å². The fourth-order valence-electron chi connectivity index (χ4n) is 3.31. The molecule has 1 saturated heterocycles. The molecule has 1 aliphatic heterocycles. The van der Waals surface area contributed by atoms with Gasteiger partial charge in [-0.15, -0.1) is 0 Å². The van der Waals surface area contributed by atoms with Gasteiger partial charge in [-0.3, -0.25) is 10.1 Å². The van der Waals surface area contributed by atoms with Crippen molar-refractivity contribution in [3.05, 3.63) is 34.4 Å². The van der Waals surface area contributed by atoms with E-state index in [9.17, 15) is 18.5 Å². The zero-order valence-corrected chi connectivity index (χ0v) is 15.0. The van der Waals surface area contributed by atoms with Crippen molar-refractivity contribution >= 4 is 15.7 Å². The van der Waals surface area contributed by atoms with Crippen LogP contribution in [-0.2, 0) is 10.0 Å². The summed E-state index contributed by atoms with van der Waals surface area (Å²) in [7, 11) is -3.62. The summed E-state index contributed by atoms with van der Waals surface area (Å²) < 4.78 is 26.9. The van der Waals surface area contributed by atoms with Gasteiger partial charge in [0.05, 0.1) is 9.82 Å². The van der Waals surface area contributed by atoms with Crippen LogP contribution in [0.5, 0.6) is 0 Å². The second-order valence-electron chi connectivity index (χ2n) is 6.71. The molecule has 24 heavy (non-hydrogen) atoms. The predicted molar refractivity (Wildman–Crippen MR) is 92.3 cm³/mol. The molecule has 1 aliphatic rings. The summed E-state index contributed by atoms with van der Waals surface area (Å²) in [6, 6.07) is 4.92. The minimum Gasteiger partial charge on any atom is -0.303 e. The molecule has 0 aromatic heterocycles. The molecule has 0 amide bonds. The number of hydrogen-bond acceptors (Lipinski definition) is 5. The smallest absolute Gasteiger partial charge is 0.269 e. The number of hydrogen-bond donors (Lipinski definition) is 1. The fourth-order valence-corrected chi connectivity index (χ4v) is 4.39. The molecule has 7 nitrogen and oxygen atoms in total. The van der Waals surface area contributed by atoms with Crippen LogP contribution >= 0.6 is 0 Å². The topological polar surface area (TPSA) is 92.6 Å². The third-order valence-electron chi connectivity index (χ3n) is 4.25. The van der Waals surface area contributed by atoms with Gasteiger partial charge in [0, 0.05) is 31.8 Å². The van der Waals surface area contributed by atoms with E-state index >= 15 is 0 Å². The first-order valence-electron chi connectivity index (χ1n) is 8.24. The Kier molecular flexibility index (Phi) is 6.31. The molecule has 1 aromatic carbocycles. The molecule has 1 fully saturated rings. The van der Waals surface area contributed by atoms with Crippen LogP contribution in [0.2, 0.25) is 0 Å². The zero-order valence-electron chi connectivity index (χ0n) is 14.1. The number of nitrogens with one attached hydrogen (secondary N) is 1. The third-order valence-corrected chi connectivity index (χ3v) is 5.72. The maximum atomic E-state index is 12.2. The van der Waals surface area contributed by atoms with E-state index in [1.54, 1.807) is 0 Å². The summed E-state index contributed by atoms with van der Waals surface area (Å²) in [5.41, 5.74) is -0.123. The minimum absolute atomic E-state index is 0.0494. The Labute approximate surface area is 143 Å². The molecule has 8 heteroatoms. The summed E-state index contributed by atoms with van der Waals surface area (Å²) in [6.45, 7) is 7.87. The van der Waals surface area contributed by atoms with Crippen LogP contribution in [0.3, 0.4) is 0 Å². The molecule has 134 valence electrons. The van der Waals surface area contributed by atoms with Crippen molar-refractivity contribution in [2.45, 2.75) is 31.6 Å². The first-order valence-corrected chi connectivity index (χ1v) is 9.72. The second kappa shape index (κ2) is 8.04. The van der Waals surface area contributed by atoms with E-state index in [1.807, 2.05) is 0 Å². The molecule has 0 spiro atoms. The summed E-state index contributed by atoms with van der Waals surface area (Å²) in [6.07, 6.45) is 1.99. The lowest BCUT2D eigenvalue weighted by atomic mass is 9.92. The summed E-state index contributed by atoms with van der Waals surface area (Å²) in [4.78, 5) is 12.5. The van der Waals surface area contributed by atoms with Crippen LogP contribution in [0.15, 0.2) is 29.2 Å². The van der Waals surface area contributed by atoms with Gasteiger partial charge in [0.15, 0.2) is 0 Å². The molecular weight excluding hydrogens is 330 g/mol. The Morgan fingerprint density at radius 1 is 1.21 bits per heavy atom. The number of nitro groups is 1. The molecule has 2 rings (SSSR count). The summed E-state index contributed by atoms with van der Waals surface area (Å²) in [5.74, 6) is 1.37. The molecule has 0 bridgehead atoms. The Morgan fingerprint density at radius 3 is 2.33 bits per heavy atom. The number of piperidine rings is 1. The Bertz CT molecular complexity index is 650. The average molecular weight is 355 g/mol. The van der Waals surface area contributed by atoms with Gasteiger partial charge in [-0.05, 0) is 43.4 Å². The quantitative estimate of drug-likeness (QED) is 0.460. The van der Waals surface area contributed by atoms with E-state index in [4.69, 9.17) is 0 Å². The maximum absolute atomic E-state index is 12.2. The van der Waals surface area contributed by atoms with Crippen molar-refractivity contribution in [2.24, 2.45) is 11.8 Å². The number of likely N-dealkylation sites (tertiary alicyclic amines) is 1. The lowest BCUT2D eigenvalue weighted by Gasteiger charge is -2.34. The van der Waals surface area contributed by atoms with Gasteiger partial charge in [0.25, 0.3) is 5.69 Å². The van der Waals surface area contributed by atoms with Crippen molar-refractivity contribution in [3.63, 3.8) is 0 Å². The van der Waals surface area contributed by atoms with Crippen LogP contribution in [-0.4, -0.2) is 44.4 Å². The van der Waals surface area contributed by atoms with E-state index in [-0.39, 0.29) is 10.6 Å². The number of nitrogens with zero attached hydrogens (tertiary/aromatic N) is 2. The van der Waals surface area contributed by atoms with E-state index in [0.29, 0.717) is 18.4 Å². The van der Waals surface area contributed by atoms with E-state index in [2.05, 4.69) is 23.5 Å². The fraction of sp³-hybridized carbons (Fsp3) is 0.625. The van der Waals surface area contributed by atoms with E-state index in [0.717, 1.165) is 26.1 Å². The largest absolute Gasteiger partial charge is 0.303 e. The number of nitro benzene ring substituents is 1. The highest BCUT2D eigenvalue weighted by Gasteiger charge is 2.21. The van der Waals surface area contributed by atoms with Crippen molar-refractivity contribution in [1.29, 1.82) is 0 Å². The standard InChI is InChI=1S/C16H25N3O4S/c1-13-10-14(2)12-18(11-13)9-3-8-17-24(22,23)16-6-4-15(5-7-16)19(20)21/h4-7,13-14,17H,3,8-12H2,1-2H3. The molecule has 1 aromatic rings. The SMILES string of the molecule is CC1CC(C)CN(CCCNS(=O)(=O)c2ccc([N+](=O)[O-])cc2)C1. The molecule has 0 radical (unpaired) electrons. The zero-order chi connectivity index (χ0) is 17.7. The van der Waals surface area contributed by atoms with Gasteiger partial charge in [0.1, 0.15) is 0 Å². The molecule has 0 saturated carbocycles. The molecular formula is C16H25N3O4S. The molecule has 1 heterocycles. The minimum atomic E-state index is -3.62. The van der Waals surface area contributed by atoms with Crippen molar-refractivity contribution in [3.8, 4) is 0 Å². The number of benzene rings is 1. The van der Waals surface area contributed by atoms with Crippen molar-refractivity contribution in [1.82, 2.24) is 9.62 Å². The van der Waals surface area contributed by atoms with Gasteiger partial charge in [-0.2, -0.15) is 0 Å². The molecule has 2 atom stereocenters. The summed E-state index contributed by atoms with van der Waals surface area (Å²) in [5, 5.41) is 10.6. The first kappa shape index (κ1) is 18.8. The highest BCUT2D eigenvalue weighted by atomic mass is 32.2. The van der Waals surface area contributed by atoms with Crippen molar-refractivity contribution < 1.29 is 13.3 Å². The third kappa shape index (κ3) is 5.25. The van der Waals surface area contributed by atoms with Gasteiger partial charge in [0.2, 0.25) is 10.0 Å². The predicted octanol–water partition coefficient (Wildman–Crippen LogP) is 2.24. The highest BCUT2D eigenvalue weighted by molar-refractivity contribution is 7.89. The maximum Gasteiger partial charge on any atom is 0.269 e. The number of rotatable bonds is 7. The first-order chi connectivity index (χ1) is 11.3. The molecule has 1 N–H and O–H groups in total.